The van der Waals surface area contributed by atoms with E-state index in [1.807, 2.05) is 41.2 Å². The Hall–Kier alpha value is -3.16. The molecule has 1 N–H and O–H groups in total. The summed E-state index contributed by atoms with van der Waals surface area (Å²) in [5, 5.41) is 11.4. The maximum absolute atomic E-state index is 12.7. The van der Waals surface area contributed by atoms with Gasteiger partial charge in [-0.2, -0.15) is 10.1 Å². The molecule has 1 saturated heterocycles. The van der Waals surface area contributed by atoms with Crippen LogP contribution in [0.25, 0.3) is 11.4 Å². The molecule has 0 spiro atoms. The lowest BCUT2D eigenvalue weighted by Gasteiger charge is -2.22. The van der Waals surface area contributed by atoms with Gasteiger partial charge in [-0.1, -0.05) is 42.4 Å². The van der Waals surface area contributed by atoms with Crippen molar-refractivity contribution in [1.82, 2.24) is 30.1 Å². The lowest BCUT2D eigenvalue weighted by Crippen LogP contribution is -2.39. The highest BCUT2D eigenvalue weighted by atomic mass is 16.5. The molecule has 1 aliphatic rings. The number of aromatic nitrogens is 4. The minimum atomic E-state index is -0.187. The van der Waals surface area contributed by atoms with Gasteiger partial charge in [-0.05, 0) is 19.3 Å². The van der Waals surface area contributed by atoms with Crippen LogP contribution < -0.4 is 5.32 Å². The molecule has 4 rings (SSSR count). The number of nitrogens with one attached hydrogen (secondary N) is 1. The van der Waals surface area contributed by atoms with Crippen molar-refractivity contribution in [1.29, 1.82) is 0 Å². The van der Waals surface area contributed by atoms with E-state index in [4.69, 9.17) is 4.52 Å². The maximum Gasteiger partial charge on any atom is 0.318 e. The van der Waals surface area contributed by atoms with E-state index in [1.165, 1.54) is 0 Å². The van der Waals surface area contributed by atoms with Gasteiger partial charge in [0.2, 0.25) is 11.7 Å². The van der Waals surface area contributed by atoms with Gasteiger partial charge in [0.1, 0.15) is 6.04 Å². The molecule has 0 saturated carbocycles. The summed E-state index contributed by atoms with van der Waals surface area (Å²) in [6.45, 7) is 4.11. The fraction of sp³-hybridized carbons (Fsp3) is 0.400. The van der Waals surface area contributed by atoms with E-state index in [2.05, 4.69) is 27.5 Å². The van der Waals surface area contributed by atoms with Crippen molar-refractivity contribution in [3.05, 3.63) is 54.2 Å². The summed E-state index contributed by atoms with van der Waals surface area (Å²) in [5.74, 6) is 1.04. The minimum Gasteiger partial charge on any atom is -0.337 e. The zero-order valence-corrected chi connectivity index (χ0v) is 15.9. The molecule has 8 heteroatoms. The van der Waals surface area contributed by atoms with Crippen LogP contribution in [0.15, 0.2) is 47.2 Å². The number of carbonyl (C=O) groups is 1. The molecule has 1 atom stereocenters. The van der Waals surface area contributed by atoms with Crippen molar-refractivity contribution in [2.75, 3.05) is 6.54 Å². The number of urea groups is 1. The number of likely N-dealkylation sites (tertiary alicyclic amines) is 1. The molecule has 3 aromatic rings. The Morgan fingerprint density at radius 3 is 3.00 bits per heavy atom. The summed E-state index contributed by atoms with van der Waals surface area (Å²) in [7, 11) is 0. The highest BCUT2D eigenvalue weighted by Gasteiger charge is 2.34. The van der Waals surface area contributed by atoms with E-state index < -0.39 is 0 Å². The molecule has 1 aromatic carbocycles. The van der Waals surface area contributed by atoms with E-state index in [9.17, 15) is 4.79 Å². The average molecular weight is 380 g/mol. The first kappa shape index (κ1) is 18.2. The molecule has 146 valence electrons. The van der Waals surface area contributed by atoms with Gasteiger partial charge in [-0.15, -0.1) is 0 Å². The summed E-state index contributed by atoms with van der Waals surface area (Å²) in [4.78, 5) is 19.0. The number of amides is 2. The smallest absolute Gasteiger partial charge is 0.318 e. The molecular formula is C20H24N6O2. The molecule has 3 heterocycles. The van der Waals surface area contributed by atoms with E-state index in [-0.39, 0.29) is 12.1 Å². The maximum atomic E-state index is 12.7. The highest BCUT2D eigenvalue weighted by Crippen LogP contribution is 2.32. The van der Waals surface area contributed by atoms with Gasteiger partial charge >= 0.3 is 6.03 Å². The molecule has 8 nitrogen and oxygen atoms in total. The first-order chi connectivity index (χ1) is 13.7. The molecular weight excluding hydrogens is 356 g/mol. The number of rotatable bonds is 6. The van der Waals surface area contributed by atoms with Crippen molar-refractivity contribution in [2.24, 2.45) is 0 Å². The van der Waals surface area contributed by atoms with Crippen LogP contribution in [0, 0.1) is 0 Å². The van der Waals surface area contributed by atoms with Crippen LogP contribution in [-0.2, 0) is 13.1 Å². The van der Waals surface area contributed by atoms with E-state index >= 15 is 0 Å². The molecule has 2 aromatic heterocycles. The van der Waals surface area contributed by atoms with Crippen molar-refractivity contribution < 1.29 is 9.32 Å². The Labute approximate surface area is 163 Å². The van der Waals surface area contributed by atoms with Crippen LogP contribution in [-0.4, -0.2) is 37.4 Å². The molecule has 28 heavy (non-hydrogen) atoms. The number of carbonyl (C=O) groups excluding carboxylic acids is 1. The second kappa shape index (κ2) is 8.24. The van der Waals surface area contributed by atoms with Gasteiger partial charge in [0.15, 0.2) is 0 Å². The van der Waals surface area contributed by atoms with E-state index in [0.29, 0.717) is 24.8 Å². The Morgan fingerprint density at radius 2 is 2.18 bits per heavy atom. The fourth-order valence-electron chi connectivity index (χ4n) is 3.47. The zero-order valence-electron chi connectivity index (χ0n) is 15.9. The second-order valence-electron chi connectivity index (χ2n) is 6.94. The van der Waals surface area contributed by atoms with Crippen LogP contribution in [0.4, 0.5) is 4.79 Å². The summed E-state index contributed by atoms with van der Waals surface area (Å²) >= 11 is 0. The minimum absolute atomic E-state index is 0.120. The third-order valence-electron chi connectivity index (χ3n) is 4.86. The van der Waals surface area contributed by atoms with E-state index in [1.54, 1.807) is 11.1 Å². The Balaban J connectivity index is 1.40. The standard InChI is InChI=1S/C20H24N6O2/c1-2-10-25-14-15(13-22-25)12-21-20(27)26-11-6-9-17(26)19-23-18(24-28-19)16-7-4-3-5-8-16/h3-5,7-8,13-14,17H,2,6,9-12H2,1H3,(H,21,27)/t17-/m0/s1. The number of hydrogen-bond donors (Lipinski definition) is 1. The first-order valence-electron chi connectivity index (χ1n) is 9.69. The van der Waals surface area contributed by atoms with Crippen LogP contribution in [0.1, 0.15) is 43.7 Å². The van der Waals surface area contributed by atoms with Crippen LogP contribution in [0.2, 0.25) is 0 Å². The van der Waals surface area contributed by atoms with Gasteiger partial charge in [0, 0.05) is 37.0 Å². The van der Waals surface area contributed by atoms with Gasteiger partial charge in [0.05, 0.1) is 6.20 Å². The fourth-order valence-corrected chi connectivity index (χ4v) is 3.47. The number of benzene rings is 1. The highest BCUT2D eigenvalue weighted by molar-refractivity contribution is 5.75. The number of hydrogen-bond acceptors (Lipinski definition) is 5. The quantitative estimate of drug-likeness (QED) is 0.708. The van der Waals surface area contributed by atoms with Crippen molar-refractivity contribution in [2.45, 2.75) is 45.3 Å². The molecule has 0 bridgehead atoms. The zero-order chi connectivity index (χ0) is 19.3. The topological polar surface area (TPSA) is 89.1 Å². The van der Waals surface area contributed by atoms with Gasteiger partial charge in [0.25, 0.3) is 0 Å². The summed E-state index contributed by atoms with van der Waals surface area (Å²) in [6.07, 6.45) is 6.52. The van der Waals surface area contributed by atoms with Crippen LogP contribution in [0.5, 0.6) is 0 Å². The van der Waals surface area contributed by atoms with Gasteiger partial charge in [-0.3, -0.25) is 4.68 Å². The van der Waals surface area contributed by atoms with Crippen molar-refractivity contribution in [3.8, 4) is 11.4 Å². The Kier molecular flexibility index (Phi) is 5.36. The third-order valence-corrected chi connectivity index (χ3v) is 4.86. The van der Waals surface area contributed by atoms with E-state index in [0.717, 1.165) is 36.9 Å². The van der Waals surface area contributed by atoms with Crippen LogP contribution in [0.3, 0.4) is 0 Å². The summed E-state index contributed by atoms with van der Waals surface area (Å²) in [5.41, 5.74) is 1.89. The molecule has 2 amide bonds. The third kappa shape index (κ3) is 3.90. The summed E-state index contributed by atoms with van der Waals surface area (Å²) in [6, 6.07) is 9.38. The van der Waals surface area contributed by atoms with Crippen molar-refractivity contribution in [3.63, 3.8) is 0 Å². The Bertz CT molecular complexity index is 920. The predicted molar refractivity (Wildman–Crippen MR) is 103 cm³/mol. The number of aryl methyl sites for hydroxylation is 1. The van der Waals surface area contributed by atoms with Gasteiger partial charge in [-0.25, -0.2) is 4.79 Å². The predicted octanol–water partition coefficient (Wildman–Crippen LogP) is 3.39. The second-order valence-corrected chi connectivity index (χ2v) is 6.94. The molecule has 1 fully saturated rings. The lowest BCUT2D eigenvalue weighted by molar-refractivity contribution is 0.180. The molecule has 0 unspecified atom stereocenters. The van der Waals surface area contributed by atoms with Crippen molar-refractivity contribution >= 4 is 6.03 Å². The lowest BCUT2D eigenvalue weighted by atomic mass is 10.2. The molecule has 0 aliphatic carbocycles. The first-order valence-corrected chi connectivity index (χ1v) is 9.69. The molecule has 1 aliphatic heterocycles. The summed E-state index contributed by atoms with van der Waals surface area (Å²) < 4.78 is 7.37. The largest absolute Gasteiger partial charge is 0.337 e. The average Bonchev–Trinajstić information content (AvgIpc) is 3.47. The normalized spacial score (nSPS) is 16.5. The van der Waals surface area contributed by atoms with Gasteiger partial charge < -0.3 is 14.7 Å². The Morgan fingerprint density at radius 1 is 1.32 bits per heavy atom. The monoisotopic (exact) mass is 380 g/mol. The number of nitrogens with zero attached hydrogens (tertiary/aromatic N) is 5. The SMILES string of the molecule is CCCn1cc(CNC(=O)N2CCC[C@H]2c2nc(-c3ccccc3)no2)cn1. The van der Waals surface area contributed by atoms with Crippen LogP contribution >= 0.6 is 0 Å². The molecule has 0 radical (unpaired) electrons.